The summed E-state index contributed by atoms with van der Waals surface area (Å²) in [4.78, 5) is 11.1. The van der Waals surface area contributed by atoms with Crippen LogP contribution >= 0.6 is 0 Å². The van der Waals surface area contributed by atoms with Gasteiger partial charge in [-0.05, 0) is 19.3 Å². The number of ether oxygens (including phenoxy) is 1. The minimum Gasteiger partial charge on any atom is -0.481 e. The molecule has 1 unspecified atom stereocenters. The topological polar surface area (TPSA) is 72.5 Å². The molecule has 0 bridgehead atoms. The van der Waals surface area contributed by atoms with Gasteiger partial charge in [-0.2, -0.15) is 0 Å². The maximum atomic E-state index is 11.1. The SMILES string of the molecule is CCCCOCCC(CC)(CN)C(=O)O. The van der Waals surface area contributed by atoms with Crippen LogP contribution in [0.1, 0.15) is 39.5 Å². The molecule has 4 heteroatoms. The van der Waals surface area contributed by atoms with Crippen LogP contribution in [0, 0.1) is 5.41 Å². The first-order valence-electron chi connectivity index (χ1n) is 5.64. The van der Waals surface area contributed by atoms with Gasteiger partial charge in [-0.25, -0.2) is 0 Å². The van der Waals surface area contributed by atoms with Crippen LogP contribution in [0.2, 0.25) is 0 Å². The average molecular weight is 217 g/mol. The number of nitrogens with two attached hydrogens (primary N) is 1. The average Bonchev–Trinajstić information content (AvgIpc) is 2.23. The minimum absolute atomic E-state index is 0.177. The molecule has 0 aliphatic carbocycles. The second-order valence-electron chi connectivity index (χ2n) is 3.86. The lowest BCUT2D eigenvalue weighted by Gasteiger charge is -2.26. The summed E-state index contributed by atoms with van der Waals surface area (Å²) in [5, 5.41) is 9.09. The van der Waals surface area contributed by atoms with Crippen molar-refractivity contribution in [1.82, 2.24) is 0 Å². The number of unbranched alkanes of at least 4 members (excludes halogenated alkanes) is 1. The van der Waals surface area contributed by atoms with Gasteiger partial charge in [0.1, 0.15) is 0 Å². The highest BCUT2D eigenvalue weighted by atomic mass is 16.5. The van der Waals surface area contributed by atoms with Crippen molar-refractivity contribution in [1.29, 1.82) is 0 Å². The molecular formula is C11H23NO3. The van der Waals surface area contributed by atoms with Crippen molar-refractivity contribution in [3.63, 3.8) is 0 Å². The third kappa shape index (κ3) is 4.62. The summed E-state index contributed by atoms with van der Waals surface area (Å²) in [6.07, 6.45) is 3.17. The first-order valence-corrected chi connectivity index (χ1v) is 5.64. The summed E-state index contributed by atoms with van der Waals surface area (Å²) in [7, 11) is 0. The number of carbonyl (C=O) groups is 1. The molecule has 0 aromatic carbocycles. The molecule has 0 amide bonds. The Labute approximate surface area is 91.8 Å². The predicted octanol–water partition coefficient (Wildman–Crippen LogP) is 1.63. The molecule has 0 aliphatic rings. The van der Waals surface area contributed by atoms with Crippen LogP contribution in [-0.4, -0.2) is 30.8 Å². The van der Waals surface area contributed by atoms with E-state index in [2.05, 4.69) is 6.92 Å². The molecule has 4 nitrogen and oxygen atoms in total. The zero-order valence-corrected chi connectivity index (χ0v) is 9.79. The number of carboxylic acids is 1. The van der Waals surface area contributed by atoms with Gasteiger partial charge in [0.15, 0.2) is 0 Å². The molecule has 0 spiro atoms. The molecule has 0 aromatic heterocycles. The van der Waals surface area contributed by atoms with Crippen LogP contribution in [0.15, 0.2) is 0 Å². The van der Waals surface area contributed by atoms with Crippen LogP contribution in [0.4, 0.5) is 0 Å². The van der Waals surface area contributed by atoms with Gasteiger partial charge in [0.2, 0.25) is 0 Å². The van der Waals surface area contributed by atoms with Gasteiger partial charge < -0.3 is 15.6 Å². The predicted molar refractivity (Wildman–Crippen MR) is 59.8 cm³/mol. The van der Waals surface area contributed by atoms with E-state index in [0.29, 0.717) is 26.1 Å². The van der Waals surface area contributed by atoms with E-state index in [1.807, 2.05) is 6.92 Å². The number of carboxylic acid groups (broad SMARTS) is 1. The van der Waals surface area contributed by atoms with E-state index < -0.39 is 11.4 Å². The number of rotatable bonds is 9. The minimum atomic E-state index is -0.813. The lowest BCUT2D eigenvalue weighted by Crippen LogP contribution is -2.39. The molecule has 0 saturated heterocycles. The summed E-state index contributed by atoms with van der Waals surface area (Å²) in [5.41, 5.74) is 4.72. The van der Waals surface area contributed by atoms with E-state index in [9.17, 15) is 4.79 Å². The quantitative estimate of drug-likeness (QED) is 0.576. The molecule has 90 valence electrons. The Morgan fingerprint density at radius 3 is 2.47 bits per heavy atom. The van der Waals surface area contributed by atoms with Gasteiger partial charge in [-0.3, -0.25) is 4.79 Å². The van der Waals surface area contributed by atoms with Crippen LogP contribution in [-0.2, 0) is 9.53 Å². The highest BCUT2D eigenvalue weighted by Gasteiger charge is 2.34. The van der Waals surface area contributed by atoms with E-state index in [1.54, 1.807) is 0 Å². The Bertz CT molecular complexity index is 179. The van der Waals surface area contributed by atoms with Crippen LogP contribution in [0.3, 0.4) is 0 Å². The van der Waals surface area contributed by atoms with Crippen LogP contribution in [0.25, 0.3) is 0 Å². The lowest BCUT2D eigenvalue weighted by molar-refractivity contribution is -0.149. The molecule has 0 aromatic rings. The summed E-state index contributed by atoms with van der Waals surface area (Å²) in [5.74, 6) is -0.813. The van der Waals surface area contributed by atoms with Gasteiger partial charge in [0.25, 0.3) is 0 Å². The monoisotopic (exact) mass is 217 g/mol. The van der Waals surface area contributed by atoms with Crippen LogP contribution < -0.4 is 5.73 Å². The Morgan fingerprint density at radius 2 is 2.07 bits per heavy atom. The fourth-order valence-corrected chi connectivity index (χ4v) is 1.38. The van der Waals surface area contributed by atoms with Gasteiger partial charge in [-0.1, -0.05) is 20.3 Å². The fourth-order valence-electron chi connectivity index (χ4n) is 1.38. The molecule has 0 fully saturated rings. The van der Waals surface area contributed by atoms with E-state index in [4.69, 9.17) is 15.6 Å². The van der Waals surface area contributed by atoms with Crippen molar-refractivity contribution in [2.45, 2.75) is 39.5 Å². The molecule has 0 aliphatic heterocycles. The number of aliphatic carboxylic acids is 1. The largest absolute Gasteiger partial charge is 0.481 e. The van der Waals surface area contributed by atoms with E-state index >= 15 is 0 Å². The molecule has 0 radical (unpaired) electrons. The van der Waals surface area contributed by atoms with Gasteiger partial charge in [0, 0.05) is 19.8 Å². The van der Waals surface area contributed by atoms with Crippen molar-refractivity contribution < 1.29 is 14.6 Å². The van der Waals surface area contributed by atoms with Crippen molar-refractivity contribution in [2.75, 3.05) is 19.8 Å². The molecule has 1 atom stereocenters. The van der Waals surface area contributed by atoms with E-state index in [-0.39, 0.29) is 6.54 Å². The molecule has 3 N–H and O–H groups in total. The summed E-state index contributed by atoms with van der Waals surface area (Å²) in [6, 6.07) is 0. The Morgan fingerprint density at radius 1 is 1.40 bits per heavy atom. The third-order valence-electron chi connectivity index (χ3n) is 2.89. The highest BCUT2D eigenvalue weighted by molar-refractivity contribution is 5.74. The van der Waals surface area contributed by atoms with Crippen LogP contribution in [0.5, 0.6) is 0 Å². The fraction of sp³-hybridized carbons (Fsp3) is 0.909. The number of hydrogen-bond acceptors (Lipinski definition) is 3. The van der Waals surface area contributed by atoms with Crippen molar-refractivity contribution in [2.24, 2.45) is 11.1 Å². The zero-order valence-electron chi connectivity index (χ0n) is 9.79. The highest BCUT2D eigenvalue weighted by Crippen LogP contribution is 2.25. The molecule has 15 heavy (non-hydrogen) atoms. The zero-order chi connectivity index (χ0) is 11.7. The summed E-state index contributed by atoms with van der Waals surface area (Å²) >= 11 is 0. The van der Waals surface area contributed by atoms with Gasteiger partial charge in [0.05, 0.1) is 5.41 Å². The standard InChI is InChI=1S/C11H23NO3/c1-3-5-7-15-8-6-11(4-2,9-12)10(13)14/h3-9,12H2,1-2H3,(H,13,14). The Hall–Kier alpha value is -0.610. The van der Waals surface area contributed by atoms with Crippen molar-refractivity contribution in [3.8, 4) is 0 Å². The molecular weight excluding hydrogens is 194 g/mol. The van der Waals surface area contributed by atoms with Gasteiger partial charge >= 0.3 is 5.97 Å². The van der Waals surface area contributed by atoms with E-state index in [1.165, 1.54) is 0 Å². The summed E-state index contributed by atoms with van der Waals surface area (Å²) < 4.78 is 5.36. The first-order chi connectivity index (χ1) is 7.13. The maximum absolute atomic E-state index is 11.1. The molecule has 0 rings (SSSR count). The smallest absolute Gasteiger partial charge is 0.310 e. The van der Waals surface area contributed by atoms with E-state index in [0.717, 1.165) is 12.8 Å². The molecule has 0 saturated carbocycles. The van der Waals surface area contributed by atoms with Crippen molar-refractivity contribution in [3.05, 3.63) is 0 Å². The lowest BCUT2D eigenvalue weighted by atomic mass is 9.82. The molecule has 0 heterocycles. The van der Waals surface area contributed by atoms with Crippen molar-refractivity contribution >= 4 is 5.97 Å². The Kier molecular flexibility index (Phi) is 7.34. The Balaban J connectivity index is 3.91. The normalized spacial score (nSPS) is 14.9. The maximum Gasteiger partial charge on any atom is 0.310 e. The summed E-state index contributed by atoms with van der Waals surface area (Å²) in [6.45, 7) is 5.32. The second-order valence-corrected chi connectivity index (χ2v) is 3.86. The van der Waals surface area contributed by atoms with Gasteiger partial charge in [-0.15, -0.1) is 0 Å². The third-order valence-corrected chi connectivity index (χ3v) is 2.89. The second kappa shape index (κ2) is 7.65. The first kappa shape index (κ1) is 14.4. The number of hydrogen-bond donors (Lipinski definition) is 2.